The number of benzene rings is 2. The molecule has 1 aromatic heterocycles. The molecule has 0 saturated carbocycles. The molecule has 34 heavy (non-hydrogen) atoms. The van der Waals surface area contributed by atoms with Crippen LogP contribution in [0, 0.1) is 25.0 Å². The second-order valence-corrected chi connectivity index (χ2v) is 9.21. The minimum absolute atomic E-state index is 0.0208. The normalized spacial score (nSPS) is 16.7. The molecule has 2 aromatic carbocycles. The van der Waals surface area contributed by atoms with Crippen LogP contribution in [0.4, 0.5) is 0 Å². The molecule has 0 spiro atoms. The van der Waals surface area contributed by atoms with Crippen molar-refractivity contribution < 1.29 is 28.9 Å². The third-order valence-corrected chi connectivity index (χ3v) is 6.35. The van der Waals surface area contributed by atoms with E-state index in [0.717, 1.165) is 10.3 Å². The van der Waals surface area contributed by atoms with E-state index in [0.29, 0.717) is 23.5 Å². The number of esters is 2. The molecule has 2 heterocycles. The van der Waals surface area contributed by atoms with E-state index in [1.165, 1.54) is 32.0 Å². The fourth-order valence-electron chi connectivity index (χ4n) is 4.26. The minimum Gasteiger partial charge on any atom is -0.711 e. The van der Waals surface area contributed by atoms with E-state index in [9.17, 15) is 19.9 Å². The van der Waals surface area contributed by atoms with E-state index in [4.69, 9.17) is 21.1 Å². The van der Waals surface area contributed by atoms with Gasteiger partial charge in [-0.15, -0.1) is 0 Å². The van der Waals surface area contributed by atoms with Crippen LogP contribution in [0.15, 0.2) is 48.5 Å². The molecule has 4 rings (SSSR count). The van der Waals surface area contributed by atoms with Gasteiger partial charge in [0, 0.05) is 27.7 Å². The summed E-state index contributed by atoms with van der Waals surface area (Å²) in [5.74, 6) is -5.57. The Morgan fingerprint density at radius 1 is 1.12 bits per heavy atom. The fourth-order valence-corrected chi connectivity index (χ4v) is 4.45. The van der Waals surface area contributed by atoms with Gasteiger partial charge in [0.25, 0.3) is 11.6 Å². The van der Waals surface area contributed by atoms with Crippen molar-refractivity contribution in [1.82, 2.24) is 4.57 Å². The van der Waals surface area contributed by atoms with Crippen LogP contribution in [0.1, 0.15) is 48.1 Å². The van der Waals surface area contributed by atoms with Crippen LogP contribution in [0.3, 0.4) is 0 Å². The molecule has 0 bridgehead atoms. The maximum atomic E-state index is 13.5. The summed E-state index contributed by atoms with van der Waals surface area (Å²) in [6, 6.07) is 13.8. The van der Waals surface area contributed by atoms with Crippen molar-refractivity contribution >= 4 is 23.5 Å². The average molecular weight is 485 g/mol. The first kappa shape index (κ1) is 23.6. The Hall–Kier alpha value is -3.52. The molecular formula is C25H25ClN2O6. The van der Waals surface area contributed by atoms with Crippen molar-refractivity contribution in [1.29, 1.82) is 0 Å². The number of hydrogen-bond donors (Lipinski definition) is 1. The van der Waals surface area contributed by atoms with Crippen LogP contribution in [0.25, 0.3) is 0 Å². The Morgan fingerprint density at radius 2 is 1.74 bits per heavy atom. The van der Waals surface area contributed by atoms with E-state index in [2.05, 4.69) is 0 Å². The molecule has 1 saturated heterocycles. The third-order valence-electron chi connectivity index (χ3n) is 6.04. The Bertz CT molecular complexity index is 1250. The number of imidazole rings is 1. The van der Waals surface area contributed by atoms with Crippen molar-refractivity contribution in [2.45, 2.75) is 45.9 Å². The second kappa shape index (κ2) is 8.68. The zero-order valence-electron chi connectivity index (χ0n) is 19.2. The summed E-state index contributed by atoms with van der Waals surface area (Å²) < 4.78 is 13.3. The molecule has 1 atom stereocenters. The van der Waals surface area contributed by atoms with Gasteiger partial charge >= 0.3 is 11.9 Å². The lowest BCUT2D eigenvalue weighted by Crippen LogP contribution is -2.50. The highest BCUT2D eigenvalue weighted by Gasteiger charge is 2.52. The number of rotatable bonds is 5. The molecule has 178 valence electrons. The van der Waals surface area contributed by atoms with Gasteiger partial charge in [0.15, 0.2) is 5.92 Å². The lowest BCUT2D eigenvalue weighted by Gasteiger charge is -2.35. The summed E-state index contributed by atoms with van der Waals surface area (Å²) in [7, 11) is 0. The van der Waals surface area contributed by atoms with E-state index < -0.39 is 29.6 Å². The number of aromatic nitrogens is 2. The number of carbonyl (C=O) groups excluding carboxylic acids is 2. The largest absolute Gasteiger partial charge is 0.711 e. The Balaban J connectivity index is 1.95. The van der Waals surface area contributed by atoms with Gasteiger partial charge in [0.2, 0.25) is 0 Å². The SMILES string of the molecule is Cc1c(C)[n+]([O-])c([C@@H](c2ccc(O)c(Cl)c2)C2C(=O)OC(C)(C)OC2=O)n1Cc1ccccc1. The molecule has 3 aromatic rings. The number of hydrogen-bond acceptors (Lipinski definition) is 6. The van der Waals surface area contributed by atoms with Crippen LogP contribution in [-0.2, 0) is 25.6 Å². The second-order valence-electron chi connectivity index (χ2n) is 8.80. The number of aromatic hydroxyl groups is 1. The molecular weight excluding hydrogens is 460 g/mol. The molecule has 0 amide bonds. The van der Waals surface area contributed by atoms with Gasteiger partial charge in [0.05, 0.1) is 5.02 Å². The maximum absolute atomic E-state index is 13.5. The zero-order valence-corrected chi connectivity index (χ0v) is 20.0. The Kier molecular flexibility index (Phi) is 6.03. The van der Waals surface area contributed by atoms with E-state index in [1.54, 1.807) is 18.4 Å². The first-order chi connectivity index (χ1) is 16.0. The van der Waals surface area contributed by atoms with Crippen molar-refractivity contribution in [2.24, 2.45) is 5.92 Å². The molecule has 1 N–H and O–H groups in total. The number of nitrogens with zero attached hydrogens (tertiary/aromatic N) is 2. The van der Waals surface area contributed by atoms with Gasteiger partial charge in [-0.3, -0.25) is 9.59 Å². The molecule has 0 unspecified atom stereocenters. The topological polar surface area (TPSA) is 105 Å². The van der Waals surface area contributed by atoms with E-state index >= 15 is 0 Å². The highest BCUT2D eigenvalue weighted by atomic mass is 35.5. The van der Waals surface area contributed by atoms with Crippen LogP contribution < -0.4 is 4.73 Å². The quantitative estimate of drug-likeness (QED) is 0.256. The van der Waals surface area contributed by atoms with Crippen molar-refractivity contribution in [3.05, 3.63) is 87.1 Å². The van der Waals surface area contributed by atoms with Gasteiger partial charge in [-0.25, -0.2) is 9.30 Å². The number of ether oxygens (including phenoxy) is 2. The van der Waals surface area contributed by atoms with Gasteiger partial charge in [0.1, 0.15) is 29.6 Å². The highest BCUT2D eigenvalue weighted by molar-refractivity contribution is 6.32. The maximum Gasteiger partial charge on any atom is 0.324 e. The monoisotopic (exact) mass is 484 g/mol. The first-order valence-electron chi connectivity index (χ1n) is 10.8. The average Bonchev–Trinajstić information content (AvgIpc) is 2.96. The molecule has 0 radical (unpaired) electrons. The molecule has 0 aliphatic carbocycles. The van der Waals surface area contributed by atoms with Crippen LogP contribution in [0.5, 0.6) is 5.75 Å². The van der Waals surface area contributed by atoms with Crippen LogP contribution in [0.2, 0.25) is 5.02 Å². The Morgan fingerprint density at radius 3 is 2.32 bits per heavy atom. The van der Waals surface area contributed by atoms with Crippen LogP contribution in [-0.4, -0.2) is 27.4 Å². The predicted octanol–water partition coefficient (Wildman–Crippen LogP) is 3.73. The zero-order chi connectivity index (χ0) is 24.8. The predicted molar refractivity (Wildman–Crippen MR) is 123 cm³/mol. The van der Waals surface area contributed by atoms with Crippen molar-refractivity contribution in [3.63, 3.8) is 0 Å². The number of cyclic esters (lactones) is 2. The molecule has 8 nitrogen and oxygen atoms in total. The molecule has 1 aliphatic rings. The molecule has 9 heteroatoms. The van der Waals surface area contributed by atoms with Gasteiger partial charge in [-0.05, 0) is 23.3 Å². The fraction of sp³-hybridized carbons (Fsp3) is 0.320. The molecule has 1 aliphatic heterocycles. The van der Waals surface area contributed by atoms with Crippen molar-refractivity contribution in [2.75, 3.05) is 0 Å². The summed E-state index contributed by atoms with van der Waals surface area (Å²) in [6.45, 7) is 6.74. The number of halogens is 1. The van der Waals surface area contributed by atoms with Gasteiger partial charge in [-0.1, -0.05) is 48.0 Å². The van der Waals surface area contributed by atoms with E-state index in [-0.39, 0.29) is 16.6 Å². The third kappa shape index (κ3) is 4.21. The minimum atomic E-state index is -1.45. The highest BCUT2D eigenvalue weighted by Crippen LogP contribution is 2.40. The van der Waals surface area contributed by atoms with Gasteiger partial charge < -0.3 is 19.8 Å². The summed E-state index contributed by atoms with van der Waals surface area (Å²) in [5, 5.41) is 23.4. The smallest absolute Gasteiger partial charge is 0.324 e. The number of carbonyl (C=O) groups is 2. The lowest BCUT2D eigenvalue weighted by atomic mass is 9.84. The first-order valence-corrected chi connectivity index (χ1v) is 11.1. The molecule has 1 fully saturated rings. The Labute approximate surface area is 201 Å². The number of phenolic OH excluding ortho intramolecular Hbond substituents is 1. The summed E-state index contributed by atoms with van der Waals surface area (Å²) in [6.07, 6.45) is 0. The summed E-state index contributed by atoms with van der Waals surface area (Å²) in [5.41, 5.74) is 2.43. The standard InChI is InChI=1S/C25H25ClN2O6/c1-14-15(2)28(32)22(27(14)13-16-8-6-5-7-9-16)20(17-10-11-19(29)18(26)12-17)21-23(30)33-25(3,4)34-24(21)31/h5-12,20-21,29H,13H2,1-4H3/t20-/m0/s1. The van der Waals surface area contributed by atoms with Gasteiger partial charge in [-0.2, -0.15) is 0 Å². The van der Waals surface area contributed by atoms with Crippen LogP contribution >= 0.6 is 11.6 Å². The lowest BCUT2D eigenvalue weighted by molar-refractivity contribution is -0.621. The summed E-state index contributed by atoms with van der Waals surface area (Å²) >= 11 is 6.17. The summed E-state index contributed by atoms with van der Waals surface area (Å²) in [4.78, 5) is 26.2. The van der Waals surface area contributed by atoms with Crippen molar-refractivity contribution in [3.8, 4) is 5.75 Å². The van der Waals surface area contributed by atoms with E-state index in [1.807, 2.05) is 30.3 Å². The number of phenols is 1.